The Kier molecular flexibility index (Phi) is 1.84. The minimum absolute atomic E-state index is 0.785. The molecule has 1 aliphatic carbocycles. The normalized spacial score (nSPS) is 26.3. The van der Waals surface area contributed by atoms with Crippen LogP contribution in [0.5, 0.6) is 0 Å². The zero-order valence-corrected chi connectivity index (χ0v) is 7.21. The smallest absolute Gasteiger partial charge is 0.0470 e. The molecule has 0 aromatic rings. The minimum atomic E-state index is 0.785. The van der Waals surface area contributed by atoms with Crippen LogP contribution in [-0.2, 0) is 0 Å². The van der Waals surface area contributed by atoms with Gasteiger partial charge in [-0.15, -0.1) is 0 Å². The van der Waals surface area contributed by atoms with Crippen LogP contribution >= 0.6 is 0 Å². The van der Waals surface area contributed by atoms with Gasteiger partial charge in [-0.05, 0) is 19.8 Å². The Morgan fingerprint density at radius 1 is 1.36 bits per heavy atom. The van der Waals surface area contributed by atoms with Crippen LogP contribution in [0.15, 0.2) is 5.10 Å². The lowest BCUT2D eigenvalue weighted by atomic mass is 10.2. The Labute approximate surface area is 68.3 Å². The predicted octanol–water partition coefficient (Wildman–Crippen LogP) is 2.01. The Hall–Kier alpha value is -0.530. The highest BCUT2D eigenvalue weighted by molar-refractivity contribution is 5.83. The first-order valence-corrected chi connectivity index (χ1v) is 4.67. The van der Waals surface area contributed by atoms with Gasteiger partial charge in [0.25, 0.3) is 0 Å². The monoisotopic (exact) mass is 152 g/mol. The van der Waals surface area contributed by atoms with Gasteiger partial charge in [0, 0.05) is 24.7 Å². The molecule has 0 unspecified atom stereocenters. The summed E-state index contributed by atoms with van der Waals surface area (Å²) >= 11 is 0. The molecule has 1 heterocycles. The molecule has 0 aromatic heterocycles. The van der Waals surface area contributed by atoms with Gasteiger partial charge in [0.2, 0.25) is 0 Å². The summed E-state index contributed by atoms with van der Waals surface area (Å²) in [4.78, 5) is 0. The van der Waals surface area contributed by atoms with Gasteiger partial charge in [0.05, 0.1) is 0 Å². The van der Waals surface area contributed by atoms with Gasteiger partial charge in [-0.2, -0.15) is 5.10 Å². The highest BCUT2D eigenvalue weighted by Gasteiger charge is 2.23. The third-order valence-corrected chi connectivity index (χ3v) is 2.75. The molecule has 0 aromatic carbocycles. The lowest BCUT2D eigenvalue weighted by Crippen LogP contribution is -2.25. The average Bonchev–Trinajstić information content (AvgIpc) is 2.55. The van der Waals surface area contributed by atoms with E-state index in [4.69, 9.17) is 0 Å². The van der Waals surface area contributed by atoms with E-state index in [-0.39, 0.29) is 0 Å². The van der Waals surface area contributed by atoms with Crippen molar-refractivity contribution in [2.75, 3.05) is 6.54 Å². The van der Waals surface area contributed by atoms with Crippen LogP contribution < -0.4 is 0 Å². The Balaban J connectivity index is 1.95. The molecule has 11 heavy (non-hydrogen) atoms. The second kappa shape index (κ2) is 2.84. The maximum absolute atomic E-state index is 4.52. The standard InChI is InChI=1S/C9H16N2/c1-8-6-7-11(10-8)9-4-2-3-5-9/h9H,2-7H2,1H3. The summed E-state index contributed by atoms with van der Waals surface area (Å²) in [6.45, 7) is 3.31. The number of hydrogen-bond acceptors (Lipinski definition) is 2. The van der Waals surface area contributed by atoms with Crippen molar-refractivity contribution in [3.63, 3.8) is 0 Å². The van der Waals surface area contributed by atoms with E-state index in [1.807, 2.05) is 0 Å². The molecule has 62 valence electrons. The van der Waals surface area contributed by atoms with Gasteiger partial charge in [-0.3, -0.25) is 5.01 Å². The summed E-state index contributed by atoms with van der Waals surface area (Å²) in [6.07, 6.45) is 6.76. The van der Waals surface area contributed by atoms with Crippen LogP contribution in [0.1, 0.15) is 39.0 Å². The van der Waals surface area contributed by atoms with Crippen LogP contribution in [-0.4, -0.2) is 23.3 Å². The first-order valence-electron chi connectivity index (χ1n) is 4.67. The summed E-state index contributed by atoms with van der Waals surface area (Å²) in [7, 11) is 0. The minimum Gasteiger partial charge on any atom is -0.294 e. The summed E-state index contributed by atoms with van der Waals surface area (Å²) < 4.78 is 0. The largest absolute Gasteiger partial charge is 0.294 e. The third-order valence-electron chi connectivity index (χ3n) is 2.75. The fraction of sp³-hybridized carbons (Fsp3) is 0.889. The molecule has 2 aliphatic rings. The molecule has 1 saturated carbocycles. The first kappa shape index (κ1) is 7.14. The predicted molar refractivity (Wildman–Crippen MR) is 46.7 cm³/mol. The lowest BCUT2D eigenvalue weighted by molar-refractivity contribution is 0.230. The molecule has 0 N–H and O–H groups in total. The maximum atomic E-state index is 4.52. The molecule has 0 amide bonds. The second-order valence-electron chi connectivity index (χ2n) is 3.69. The summed E-state index contributed by atoms with van der Waals surface area (Å²) in [6, 6.07) is 0.785. The first-order chi connectivity index (χ1) is 5.36. The summed E-state index contributed by atoms with van der Waals surface area (Å²) in [5.41, 5.74) is 1.32. The number of nitrogens with zero attached hydrogens (tertiary/aromatic N) is 2. The molecule has 0 saturated heterocycles. The van der Waals surface area contributed by atoms with E-state index < -0.39 is 0 Å². The van der Waals surface area contributed by atoms with E-state index in [2.05, 4.69) is 17.0 Å². The zero-order valence-electron chi connectivity index (χ0n) is 7.21. The second-order valence-corrected chi connectivity index (χ2v) is 3.69. The topological polar surface area (TPSA) is 15.6 Å². The van der Waals surface area contributed by atoms with Crippen molar-refractivity contribution < 1.29 is 0 Å². The molecule has 1 aliphatic heterocycles. The highest BCUT2D eigenvalue weighted by atomic mass is 15.5. The zero-order chi connectivity index (χ0) is 7.68. The fourth-order valence-electron chi connectivity index (χ4n) is 2.06. The van der Waals surface area contributed by atoms with Gasteiger partial charge in [-0.25, -0.2) is 0 Å². The Morgan fingerprint density at radius 3 is 2.64 bits per heavy atom. The SMILES string of the molecule is CC1=NN(C2CCCC2)CC1. The van der Waals surface area contributed by atoms with E-state index in [0.29, 0.717) is 0 Å². The van der Waals surface area contributed by atoms with Crippen LogP contribution in [0.3, 0.4) is 0 Å². The highest BCUT2D eigenvalue weighted by Crippen LogP contribution is 2.25. The Morgan fingerprint density at radius 2 is 2.09 bits per heavy atom. The molecule has 2 heteroatoms. The van der Waals surface area contributed by atoms with E-state index in [1.165, 1.54) is 44.4 Å². The van der Waals surface area contributed by atoms with Crippen molar-refractivity contribution in [1.29, 1.82) is 0 Å². The van der Waals surface area contributed by atoms with Crippen molar-refractivity contribution in [2.45, 2.75) is 45.1 Å². The van der Waals surface area contributed by atoms with Crippen molar-refractivity contribution in [2.24, 2.45) is 5.10 Å². The van der Waals surface area contributed by atoms with Crippen LogP contribution in [0.2, 0.25) is 0 Å². The van der Waals surface area contributed by atoms with Crippen LogP contribution in [0.4, 0.5) is 0 Å². The number of hydrazone groups is 1. The van der Waals surface area contributed by atoms with Gasteiger partial charge in [-0.1, -0.05) is 12.8 Å². The van der Waals surface area contributed by atoms with E-state index in [1.54, 1.807) is 0 Å². The van der Waals surface area contributed by atoms with Crippen molar-refractivity contribution >= 4 is 5.71 Å². The van der Waals surface area contributed by atoms with E-state index in [0.717, 1.165) is 6.04 Å². The molecule has 2 nitrogen and oxygen atoms in total. The Bertz CT molecular complexity index is 168. The van der Waals surface area contributed by atoms with Gasteiger partial charge in [0.1, 0.15) is 0 Å². The fourth-order valence-corrected chi connectivity index (χ4v) is 2.06. The van der Waals surface area contributed by atoms with Crippen molar-refractivity contribution in [1.82, 2.24) is 5.01 Å². The van der Waals surface area contributed by atoms with Crippen molar-refractivity contribution in [3.8, 4) is 0 Å². The molecule has 0 radical (unpaired) electrons. The summed E-state index contributed by atoms with van der Waals surface area (Å²) in [5, 5.41) is 6.83. The molecule has 0 spiro atoms. The van der Waals surface area contributed by atoms with Crippen molar-refractivity contribution in [3.05, 3.63) is 0 Å². The molecule has 2 rings (SSSR count). The third kappa shape index (κ3) is 1.39. The van der Waals surface area contributed by atoms with Gasteiger partial charge < -0.3 is 0 Å². The molecular formula is C9H16N2. The van der Waals surface area contributed by atoms with E-state index in [9.17, 15) is 0 Å². The van der Waals surface area contributed by atoms with Crippen LogP contribution in [0, 0.1) is 0 Å². The van der Waals surface area contributed by atoms with E-state index >= 15 is 0 Å². The molecule has 1 fully saturated rings. The van der Waals surface area contributed by atoms with Crippen LogP contribution in [0.25, 0.3) is 0 Å². The van der Waals surface area contributed by atoms with Gasteiger partial charge >= 0.3 is 0 Å². The quantitative estimate of drug-likeness (QED) is 0.561. The molecule has 0 bridgehead atoms. The average molecular weight is 152 g/mol. The van der Waals surface area contributed by atoms with Gasteiger partial charge in [0.15, 0.2) is 0 Å². The number of rotatable bonds is 1. The molecular weight excluding hydrogens is 136 g/mol. The number of hydrogen-bond donors (Lipinski definition) is 0. The lowest BCUT2D eigenvalue weighted by Gasteiger charge is -2.20. The summed E-state index contributed by atoms with van der Waals surface area (Å²) in [5.74, 6) is 0. The molecule has 0 atom stereocenters. The maximum Gasteiger partial charge on any atom is 0.0470 e.